The number of fused-ring (bicyclic) bond motifs is 1. The van der Waals surface area contributed by atoms with Crippen molar-refractivity contribution >= 4 is 22.8 Å². The van der Waals surface area contributed by atoms with E-state index in [9.17, 15) is 4.39 Å². The van der Waals surface area contributed by atoms with Gasteiger partial charge in [0.15, 0.2) is 5.65 Å². The van der Waals surface area contributed by atoms with Gasteiger partial charge in [0.1, 0.15) is 17.4 Å². The summed E-state index contributed by atoms with van der Waals surface area (Å²) in [7, 11) is 1.63. The summed E-state index contributed by atoms with van der Waals surface area (Å²) in [5, 5.41) is 5.28. The Morgan fingerprint density at radius 2 is 1.73 bits per heavy atom. The van der Waals surface area contributed by atoms with Crippen LogP contribution in [0.25, 0.3) is 28.0 Å². The smallest absolute Gasteiger partial charge is 0.228 e. The molecule has 8 heteroatoms. The van der Waals surface area contributed by atoms with Crippen LogP contribution in [-0.4, -0.2) is 39.9 Å². The van der Waals surface area contributed by atoms with Crippen LogP contribution in [0.4, 0.5) is 16.2 Å². The normalized spacial score (nSPS) is 13.9. The summed E-state index contributed by atoms with van der Waals surface area (Å²) < 4.78 is 20.5. The zero-order chi connectivity index (χ0) is 20.7. The highest BCUT2D eigenvalue weighted by atomic mass is 19.1. The second kappa shape index (κ2) is 7.29. The predicted octanol–water partition coefficient (Wildman–Crippen LogP) is 3.81. The molecule has 7 nitrogen and oxygen atoms in total. The van der Waals surface area contributed by atoms with Crippen molar-refractivity contribution in [1.29, 1.82) is 0 Å². The van der Waals surface area contributed by atoms with Crippen LogP contribution in [0.15, 0.2) is 48.5 Å². The summed E-state index contributed by atoms with van der Waals surface area (Å²) in [4.78, 5) is 11.8. The quantitative estimate of drug-likeness (QED) is 0.557. The second-order valence-electron chi connectivity index (χ2n) is 7.24. The van der Waals surface area contributed by atoms with Crippen LogP contribution in [0, 0.1) is 5.82 Å². The molecular formula is C22H21FN6O. The van der Waals surface area contributed by atoms with Crippen LogP contribution in [0.2, 0.25) is 0 Å². The molecule has 0 unspecified atom stereocenters. The van der Waals surface area contributed by atoms with Gasteiger partial charge in [0.25, 0.3) is 0 Å². The molecule has 0 saturated carbocycles. The van der Waals surface area contributed by atoms with E-state index in [1.807, 2.05) is 24.3 Å². The molecular weight excluding hydrogens is 383 g/mol. The molecule has 2 aromatic carbocycles. The molecule has 0 atom stereocenters. The number of methoxy groups -OCH3 is 1. The Kier molecular flexibility index (Phi) is 4.46. The van der Waals surface area contributed by atoms with Gasteiger partial charge in [0.05, 0.1) is 23.9 Å². The van der Waals surface area contributed by atoms with Gasteiger partial charge in [0, 0.05) is 18.7 Å². The Hall–Kier alpha value is -3.68. The first-order valence-electron chi connectivity index (χ1n) is 9.86. The second-order valence-corrected chi connectivity index (χ2v) is 7.24. The third kappa shape index (κ3) is 3.01. The van der Waals surface area contributed by atoms with Crippen LogP contribution in [0.3, 0.4) is 0 Å². The number of aromatic nitrogens is 4. The van der Waals surface area contributed by atoms with Gasteiger partial charge in [-0.25, -0.2) is 14.1 Å². The average molecular weight is 404 g/mol. The molecule has 1 aliphatic heterocycles. The maximum Gasteiger partial charge on any atom is 0.228 e. The van der Waals surface area contributed by atoms with Crippen molar-refractivity contribution in [2.75, 3.05) is 30.8 Å². The molecule has 0 aliphatic carbocycles. The van der Waals surface area contributed by atoms with Gasteiger partial charge in [-0.1, -0.05) is 12.1 Å². The summed E-state index contributed by atoms with van der Waals surface area (Å²) in [6.45, 7) is 1.82. The third-order valence-electron chi connectivity index (χ3n) is 5.38. The molecule has 152 valence electrons. The minimum absolute atomic E-state index is 0.320. The van der Waals surface area contributed by atoms with Crippen LogP contribution in [0.5, 0.6) is 5.75 Å². The minimum atomic E-state index is -0.320. The SMILES string of the molecule is COc1ccccc1-c1nc(N2CCCC2)nc2nn(-c3ccc(F)cc3)c(N)c12. The van der Waals surface area contributed by atoms with E-state index >= 15 is 0 Å². The number of rotatable bonds is 4. The topological polar surface area (TPSA) is 82.1 Å². The van der Waals surface area contributed by atoms with Crippen molar-refractivity contribution < 1.29 is 9.13 Å². The zero-order valence-corrected chi connectivity index (χ0v) is 16.5. The number of nitrogens with zero attached hydrogens (tertiary/aromatic N) is 5. The van der Waals surface area contributed by atoms with Gasteiger partial charge in [-0.15, -0.1) is 5.10 Å². The number of nitrogens with two attached hydrogens (primary N) is 1. The van der Waals surface area contributed by atoms with Crippen molar-refractivity contribution in [3.05, 3.63) is 54.3 Å². The number of anilines is 2. The van der Waals surface area contributed by atoms with Gasteiger partial charge >= 0.3 is 0 Å². The number of benzene rings is 2. The molecule has 2 N–H and O–H groups in total. The first-order valence-corrected chi connectivity index (χ1v) is 9.86. The van der Waals surface area contributed by atoms with Crippen LogP contribution in [-0.2, 0) is 0 Å². The van der Waals surface area contributed by atoms with Gasteiger partial charge < -0.3 is 15.4 Å². The van der Waals surface area contributed by atoms with Gasteiger partial charge in [-0.2, -0.15) is 4.98 Å². The Morgan fingerprint density at radius 3 is 2.47 bits per heavy atom. The van der Waals surface area contributed by atoms with E-state index in [0.717, 1.165) is 31.5 Å². The molecule has 0 amide bonds. The van der Waals surface area contributed by atoms with Crippen molar-refractivity contribution in [2.24, 2.45) is 0 Å². The number of ether oxygens (including phenoxy) is 1. The van der Waals surface area contributed by atoms with Crippen molar-refractivity contribution in [1.82, 2.24) is 19.7 Å². The lowest BCUT2D eigenvalue weighted by atomic mass is 10.1. The van der Waals surface area contributed by atoms with E-state index in [1.165, 1.54) is 12.1 Å². The van der Waals surface area contributed by atoms with Crippen LogP contribution >= 0.6 is 0 Å². The Labute approximate surface area is 172 Å². The molecule has 3 heterocycles. The number of para-hydroxylation sites is 1. The fourth-order valence-corrected chi connectivity index (χ4v) is 3.87. The number of nitrogen functional groups attached to an aromatic ring is 1. The highest BCUT2D eigenvalue weighted by Crippen LogP contribution is 2.37. The lowest BCUT2D eigenvalue weighted by Crippen LogP contribution is -2.20. The molecule has 2 aromatic heterocycles. The first kappa shape index (κ1) is 18.4. The monoisotopic (exact) mass is 404 g/mol. The predicted molar refractivity (Wildman–Crippen MR) is 114 cm³/mol. The Morgan fingerprint density at radius 1 is 1.00 bits per heavy atom. The van der Waals surface area contributed by atoms with Crippen molar-refractivity contribution in [2.45, 2.75) is 12.8 Å². The molecule has 1 saturated heterocycles. The van der Waals surface area contributed by atoms with Crippen LogP contribution in [0.1, 0.15) is 12.8 Å². The Bertz CT molecular complexity index is 1210. The lowest BCUT2D eigenvalue weighted by molar-refractivity contribution is 0.416. The van der Waals surface area contributed by atoms with E-state index in [0.29, 0.717) is 39.9 Å². The maximum atomic E-state index is 13.4. The molecule has 5 rings (SSSR count). The van der Waals surface area contributed by atoms with E-state index in [4.69, 9.17) is 20.4 Å². The molecule has 30 heavy (non-hydrogen) atoms. The largest absolute Gasteiger partial charge is 0.496 e. The molecule has 1 fully saturated rings. The van der Waals surface area contributed by atoms with E-state index in [-0.39, 0.29) is 5.82 Å². The summed E-state index contributed by atoms with van der Waals surface area (Å²) in [6, 6.07) is 13.7. The number of hydrogen-bond acceptors (Lipinski definition) is 6. The highest BCUT2D eigenvalue weighted by molar-refractivity contribution is 6.00. The lowest BCUT2D eigenvalue weighted by Gasteiger charge is -2.17. The zero-order valence-electron chi connectivity index (χ0n) is 16.5. The molecule has 0 bridgehead atoms. The summed E-state index contributed by atoms with van der Waals surface area (Å²) in [5.41, 5.74) is 9.15. The third-order valence-corrected chi connectivity index (χ3v) is 5.38. The van der Waals surface area contributed by atoms with Gasteiger partial charge in [-0.05, 0) is 49.2 Å². The maximum absolute atomic E-state index is 13.4. The van der Waals surface area contributed by atoms with Crippen molar-refractivity contribution in [3.63, 3.8) is 0 Å². The standard InChI is InChI=1S/C22H21FN6O/c1-30-17-7-3-2-6-16(17)19-18-20(24)29(15-10-8-14(23)9-11-15)27-21(18)26-22(25-19)28-12-4-5-13-28/h2-3,6-11H,4-5,12-13,24H2,1H3. The van der Waals surface area contributed by atoms with E-state index in [1.54, 1.807) is 23.9 Å². The summed E-state index contributed by atoms with van der Waals surface area (Å²) in [5.74, 6) is 1.40. The Balaban J connectivity index is 1.78. The molecule has 4 aromatic rings. The van der Waals surface area contributed by atoms with Gasteiger partial charge in [-0.3, -0.25) is 0 Å². The number of halogens is 1. The summed E-state index contributed by atoms with van der Waals surface area (Å²) >= 11 is 0. The van der Waals surface area contributed by atoms with Crippen LogP contribution < -0.4 is 15.4 Å². The summed E-state index contributed by atoms with van der Waals surface area (Å²) in [6.07, 6.45) is 2.22. The molecule has 0 spiro atoms. The fourth-order valence-electron chi connectivity index (χ4n) is 3.87. The molecule has 1 aliphatic rings. The van der Waals surface area contributed by atoms with E-state index < -0.39 is 0 Å². The highest BCUT2D eigenvalue weighted by Gasteiger charge is 2.24. The van der Waals surface area contributed by atoms with E-state index in [2.05, 4.69) is 10.00 Å². The number of hydrogen-bond donors (Lipinski definition) is 1. The van der Waals surface area contributed by atoms with Crippen molar-refractivity contribution in [3.8, 4) is 22.7 Å². The first-order chi connectivity index (χ1) is 14.7. The fraction of sp³-hybridized carbons (Fsp3) is 0.227. The minimum Gasteiger partial charge on any atom is -0.496 e. The average Bonchev–Trinajstić information content (AvgIpc) is 3.42. The molecule has 0 radical (unpaired) electrons. The van der Waals surface area contributed by atoms with Gasteiger partial charge in [0.2, 0.25) is 5.95 Å².